The zero-order valence-corrected chi connectivity index (χ0v) is 18.8. The fourth-order valence-electron chi connectivity index (χ4n) is 2.28. The molecule has 0 radical (unpaired) electrons. The standard InChI is InChI=1S/C10H15.C8H11.2CH3.Hf/c1-6-7(2)9(4)10(5)8(6)3;1-2-5-8-6-3-4-7-8;;;/h1-5H3;3-4,6-7H,2,5H2,1H3;2*1H3;/q4*-1;+4. The molecular weight excluding hydrogens is 419 g/mol. The van der Waals surface area contributed by atoms with Crippen LogP contribution in [0.1, 0.15) is 46.7 Å². The van der Waals surface area contributed by atoms with Crippen LogP contribution >= 0.6 is 0 Å². The summed E-state index contributed by atoms with van der Waals surface area (Å²) in [6.45, 7) is 13.2. The second kappa shape index (κ2) is 12.1. The second-order valence-electron chi connectivity index (χ2n) is 5.17. The molecule has 0 atom stereocenters. The van der Waals surface area contributed by atoms with Crippen molar-refractivity contribution in [2.75, 3.05) is 0 Å². The van der Waals surface area contributed by atoms with Gasteiger partial charge in [0.1, 0.15) is 0 Å². The van der Waals surface area contributed by atoms with Crippen LogP contribution in [0.3, 0.4) is 0 Å². The fraction of sp³-hybridized carbons (Fsp3) is 0.400. The van der Waals surface area contributed by atoms with Crippen LogP contribution in [0.25, 0.3) is 0 Å². The van der Waals surface area contributed by atoms with E-state index >= 15 is 0 Å². The van der Waals surface area contributed by atoms with E-state index in [1.54, 1.807) is 0 Å². The minimum atomic E-state index is 0. The van der Waals surface area contributed by atoms with Gasteiger partial charge in [0.25, 0.3) is 0 Å². The van der Waals surface area contributed by atoms with E-state index in [2.05, 4.69) is 65.8 Å². The molecule has 2 rings (SSSR count). The number of rotatable bonds is 2. The Hall–Kier alpha value is -0.430. The molecule has 0 aliphatic carbocycles. The Bertz CT molecular complexity index is 392. The third-order valence-corrected chi connectivity index (χ3v) is 4.08. The molecule has 21 heavy (non-hydrogen) atoms. The van der Waals surface area contributed by atoms with Crippen molar-refractivity contribution in [3.63, 3.8) is 0 Å². The van der Waals surface area contributed by atoms with Crippen LogP contribution < -0.4 is 0 Å². The SMILES string of the molecule is CCC[c-]1cccc1.Cc1c(C)c(C)[c-](C)c1C.[CH3-].[CH3-].[Hf+4]. The zero-order chi connectivity index (χ0) is 13.7. The van der Waals surface area contributed by atoms with Crippen LogP contribution in [0.15, 0.2) is 24.3 Å². The summed E-state index contributed by atoms with van der Waals surface area (Å²) in [5.41, 5.74) is 8.80. The summed E-state index contributed by atoms with van der Waals surface area (Å²) in [5.74, 6) is 0. The van der Waals surface area contributed by atoms with Gasteiger partial charge in [0.05, 0.1) is 0 Å². The van der Waals surface area contributed by atoms with E-state index in [0.29, 0.717) is 0 Å². The number of aryl methyl sites for hydroxylation is 1. The molecule has 0 heterocycles. The zero-order valence-electron chi connectivity index (χ0n) is 15.2. The Labute approximate surface area is 152 Å². The van der Waals surface area contributed by atoms with Crippen molar-refractivity contribution in [3.05, 3.63) is 72.5 Å². The van der Waals surface area contributed by atoms with Crippen LogP contribution in [0, 0.1) is 49.5 Å². The molecule has 0 nitrogen and oxygen atoms in total. The van der Waals surface area contributed by atoms with Gasteiger partial charge in [0, 0.05) is 0 Å². The second-order valence-corrected chi connectivity index (χ2v) is 5.17. The van der Waals surface area contributed by atoms with E-state index in [9.17, 15) is 0 Å². The predicted molar refractivity (Wildman–Crippen MR) is 94.6 cm³/mol. The predicted octanol–water partition coefficient (Wildman–Crippen LogP) is 6.20. The van der Waals surface area contributed by atoms with E-state index in [1.165, 1.54) is 46.2 Å². The summed E-state index contributed by atoms with van der Waals surface area (Å²) >= 11 is 0. The van der Waals surface area contributed by atoms with Crippen molar-refractivity contribution in [1.29, 1.82) is 0 Å². The van der Waals surface area contributed by atoms with Crippen molar-refractivity contribution >= 4 is 0 Å². The minimum absolute atomic E-state index is 0. The monoisotopic (exact) mass is 452 g/mol. The first-order valence-electron chi connectivity index (χ1n) is 6.89. The van der Waals surface area contributed by atoms with Gasteiger partial charge in [0.15, 0.2) is 0 Å². The summed E-state index contributed by atoms with van der Waals surface area (Å²) < 4.78 is 0. The number of hydrogen-bond acceptors (Lipinski definition) is 0. The van der Waals surface area contributed by atoms with Crippen LogP contribution in [0.2, 0.25) is 0 Å². The maximum atomic E-state index is 2.20. The fourth-order valence-corrected chi connectivity index (χ4v) is 2.28. The molecule has 2 aromatic rings. The van der Waals surface area contributed by atoms with Crippen molar-refractivity contribution in [2.24, 2.45) is 0 Å². The molecule has 0 unspecified atom stereocenters. The molecule has 0 aromatic heterocycles. The first kappa shape index (κ1) is 25.5. The minimum Gasteiger partial charge on any atom is -0.358 e. The molecule has 116 valence electrons. The maximum Gasteiger partial charge on any atom is 4.00 e. The Balaban J connectivity index is -0.000000274. The molecule has 0 bridgehead atoms. The van der Waals surface area contributed by atoms with Crippen molar-refractivity contribution < 1.29 is 25.8 Å². The normalized spacial score (nSPS) is 8.67. The van der Waals surface area contributed by atoms with Gasteiger partial charge in [-0.25, -0.2) is 12.1 Å². The van der Waals surface area contributed by atoms with E-state index in [4.69, 9.17) is 0 Å². The van der Waals surface area contributed by atoms with Crippen molar-refractivity contribution in [1.82, 2.24) is 0 Å². The van der Waals surface area contributed by atoms with E-state index in [-0.39, 0.29) is 40.7 Å². The first-order chi connectivity index (χ1) is 8.49. The number of hydrogen-bond donors (Lipinski definition) is 0. The molecular formula is C20H32Hf. The van der Waals surface area contributed by atoms with Crippen LogP contribution in [0.4, 0.5) is 0 Å². The molecule has 0 spiro atoms. The van der Waals surface area contributed by atoms with Crippen LogP contribution in [0.5, 0.6) is 0 Å². The molecule has 0 saturated heterocycles. The summed E-state index contributed by atoms with van der Waals surface area (Å²) in [6, 6.07) is 8.52. The van der Waals surface area contributed by atoms with Crippen LogP contribution in [-0.4, -0.2) is 0 Å². The molecule has 0 N–H and O–H groups in total. The summed E-state index contributed by atoms with van der Waals surface area (Å²) in [7, 11) is 0. The largest absolute Gasteiger partial charge is 4.00 e. The van der Waals surface area contributed by atoms with Gasteiger partial charge in [-0.2, -0.15) is 45.5 Å². The smallest absolute Gasteiger partial charge is 0.358 e. The first-order valence-corrected chi connectivity index (χ1v) is 6.89. The quantitative estimate of drug-likeness (QED) is 0.377. The average molecular weight is 451 g/mol. The van der Waals surface area contributed by atoms with Gasteiger partial charge in [-0.15, -0.1) is 0 Å². The van der Waals surface area contributed by atoms with E-state index in [0.717, 1.165) is 0 Å². The van der Waals surface area contributed by atoms with Gasteiger partial charge >= 0.3 is 25.8 Å². The van der Waals surface area contributed by atoms with Gasteiger partial charge in [-0.05, 0) is 0 Å². The third kappa shape index (κ3) is 6.91. The molecule has 0 fully saturated rings. The average Bonchev–Trinajstić information content (AvgIpc) is 2.93. The van der Waals surface area contributed by atoms with Gasteiger partial charge in [-0.1, -0.05) is 54.4 Å². The topological polar surface area (TPSA) is 0 Å². The Morgan fingerprint density at radius 2 is 1.24 bits per heavy atom. The molecule has 2 aromatic carbocycles. The molecule has 0 aliphatic rings. The Morgan fingerprint density at radius 1 is 0.857 bits per heavy atom. The summed E-state index contributed by atoms with van der Waals surface area (Å²) in [5, 5.41) is 0. The van der Waals surface area contributed by atoms with E-state index < -0.39 is 0 Å². The van der Waals surface area contributed by atoms with Crippen molar-refractivity contribution in [2.45, 2.75) is 54.4 Å². The Morgan fingerprint density at radius 3 is 1.48 bits per heavy atom. The molecule has 0 amide bonds. The third-order valence-electron chi connectivity index (χ3n) is 4.08. The molecule has 0 saturated carbocycles. The molecule has 0 aliphatic heterocycles. The van der Waals surface area contributed by atoms with Crippen molar-refractivity contribution in [3.8, 4) is 0 Å². The van der Waals surface area contributed by atoms with Crippen LogP contribution in [-0.2, 0) is 32.3 Å². The van der Waals surface area contributed by atoms with Gasteiger partial charge in [0.2, 0.25) is 0 Å². The molecule has 1 heteroatoms. The maximum absolute atomic E-state index is 2.20. The summed E-state index contributed by atoms with van der Waals surface area (Å²) in [4.78, 5) is 0. The van der Waals surface area contributed by atoms with Gasteiger partial charge < -0.3 is 14.9 Å². The van der Waals surface area contributed by atoms with E-state index in [1.807, 2.05) is 0 Å². The Kier molecular flexibility index (Phi) is 14.8. The summed E-state index contributed by atoms with van der Waals surface area (Å²) in [6.07, 6.45) is 2.48. The van der Waals surface area contributed by atoms with Gasteiger partial charge in [-0.3, -0.25) is 0 Å².